The van der Waals surface area contributed by atoms with Crippen LogP contribution in [0.5, 0.6) is 5.75 Å². The highest BCUT2D eigenvalue weighted by Crippen LogP contribution is 2.53. The first kappa shape index (κ1) is 21.3. The van der Waals surface area contributed by atoms with Gasteiger partial charge in [-0.25, -0.2) is 0 Å². The van der Waals surface area contributed by atoms with Crippen LogP contribution in [0.15, 0.2) is 42.6 Å². The third kappa shape index (κ3) is 3.75. The highest BCUT2D eigenvalue weighted by Gasteiger charge is 2.58. The zero-order valence-electron chi connectivity index (χ0n) is 19.1. The van der Waals surface area contributed by atoms with Crippen molar-refractivity contribution in [3.05, 3.63) is 53.9 Å². The van der Waals surface area contributed by atoms with Gasteiger partial charge in [-0.2, -0.15) is 0 Å². The van der Waals surface area contributed by atoms with E-state index in [-0.39, 0.29) is 11.6 Å². The van der Waals surface area contributed by atoms with Crippen molar-refractivity contribution in [3.8, 4) is 5.75 Å². The first-order valence-corrected chi connectivity index (χ1v) is 11.8. The van der Waals surface area contributed by atoms with E-state index in [2.05, 4.69) is 39.0 Å². The maximum atomic E-state index is 11.3. The van der Waals surface area contributed by atoms with Gasteiger partial charge in [-0.1, -0.05) is 18.2 Å². The molecule has 1 aromatic carbocycles. The van der Waals surface area contributed by atoms with Gasteiger partial charge in [0, 0.05) is 23.7 Å². The molecule has 2 aliphatic heterocycles. The maximum absolute atomic E-state index is 11.3. The lowest BCUT2D eigenvalue weighted by Gasteiger charge is -2.55. The molecule has 0 N–H and O–H groups in total. The standard InChI is InChI=1S/C26H33N3O3/c1-19-7-8-22(16-27-19)29-17-26(25(29)32-18-30)12-9-21(15-26)28-13-10-20(11-14-28)23-5-3-4-6-24(23)31-2/h3-8,16,18,20-21,25H,9-15,17H2,1-2H3/t21-,25?,26?/m1/s1. The van der Waals surface area contributed by atoms with E-state index in [0.717, 1.165) is 49.6 Å². The third-order valence-corrected chi connectivity index (χ3v) is 7.95. The minimum Gasteiger partial charge on any atom is -0.496 e. The Balaban J connectivity index is 1.22. The van der Waals surface area contributed by atoms with Gasteiger partial charge < -0.3 is 19.3 Å². The van der Waals surface area contributed by atoms with Crippen LogP contribution < -0.4 is 9.64 Å². The number of carbonyl (C=O) groups excluding carboxylic acids is 1. The van der Waals surface area contributed by atoms with E-state index in [1.165, 1.54) is 24.8 Å². The van der Waals surface area contributed by atoms with Gasteiger partial charge >= 0.3 is 0 Å². The summed E-state index contributed by atoms with van der Waals surface area (Å²) in [5.41, 5.74) is 3.44. The minimum absolute atomic E-state index is 0.0654. The molecule has 170 valence electrons. The van der Waals surface area contributed by atoms with Gasteiger partial charge in [-0.05, 0) is 81.8 Å². The van der Waals surface area contributed by atoms with Crippen molar-refractivity contribution in [2.45, 2.75) is 57.2 Å². The smallest absolute Gasteiger partial charge is 0.295 e. The number of benzene rings is 1. The van der Waals surface area contributed by atoms with Crippen LogP contribution in [0.4, 0.5) is 5.69 Å². The number of aromatic nitrogens is 1. The van der Waals surface area contributed by atoms with Crippen molar-refractivity contribution in [1.82, 2.24) is 9.88 Å². The predicted molar refractivity (Wildman–Crippen MR) is 124 cm³/mol. The molecule has 2 saturated heterocycles. The van der Waals surface area contributed by atoms with Crippen molar-refractivity contribution < 1.29 is 14.3 Å². The molecule has 2 unspecified atom stereocenters. The van der Waals surface area contributed by atoms with Crippen molar-refractivity contribution in [1.29, 1.82) is 0 Å². The van der Waals surface area contributed by atoms with Gasteiger partial charge in [0.25, 0.3) is 6.47 Å². The lowest BCUT2D eigenvalue weighted by Crippen LogP contribution is -2.65. The Morgan fingerprint density at radius 3 is 2.66 bits per heavy atom. The number of methoxy groups -OCH3 is 1. The molecule has 5 rings (SSSR count). The monoisotopic (exact) mass is 435 g/mol. The summed E-state index contributed by atoms with van der Waals surface area (Å²) in [5.74, 6) is 1.58. The van der Waals surface area contributed by atoms with Crippen molar-refractivity contribution in [2.75, 3.05) is 31.6 Å². The number of para-hydroxylation sites is 1. The summed E-state index contributed by atoms with van der Waals surface area (Å²) in [5, 5.41) is 0. The number of pyridine rings is 1. The Morgan fingerprint density at radius 1 is 1.12 bits per heavy atom. The zero-order valence-corrected chi connectivity index (χ0v) is 19.1. The lowest BCUT2D eigenvalue weighted by atomic mass is 9.75. The molecule has 1 saturated carbocycles. The summed E-state index contributed by atoms with van der Waals surface area (Å²) in [6.45, 7) is 5.78. The molecule has 0 radical (unpaired) electrons. The Morgan fingerprint density at radius 2 is 1.94 bits per heavy atom. The summed E-state index contributed by atoms with van der Waals surface area (Å²) in [7, 11) is 1.76. The topological polar surface area (TPSA) is 54.9 Å². The van der Waals surface area contributed by atoms with E-state index in [9.17, 15) is 4.79 Å². The molecule has 3 heterocycles. The van der Waals surface area contributed by atoms with Crippen LogP contribution in [0.1, 0.15) is 49.3 Å². The second-order valence-electron chi connectivity index (χ2n) is 9.68. The molecule has 0 bridgehead atoms. The van der Waals surface area contributed by atoms with E-state index < -0.39 is 0 Å². The number of hydrogen-bond acceptors (Lipinski definition) is 6. The molecule has 32 heavy (non-hydrogen) atoms. The molecule has 6 heteroatoms. The van der Waals surface area contributed by atoms with Crippen molar-refractivity contribution >= 4 is 12.2 Å². The molecular formula is C26H33N3O3. The van der Waals surface area contributed by atoms with Crippen LogP contribution in [0, 0.1) is 12.3 Å². The molecule has 3 atom stereocenters. The van der Waals surface area contributed by atoms with Gasteiger partial charge in [0.1, 0.15) is 5.75 Å². The number of hydrogen-bond donors (Lipinski definition) is 0. The fraction of sp³-hybridized carbons (Fsp3) is 0.538. The van der Waals surface area contributed by atoms with E-state index >= 15 is 0 Å². The minimum atomic E-state index is -0.180. The molecule has 1 spiro atoms. The molecular weight excluding hydrogens is 402 g/mol. The Bertz CT molecular complexity index is 942. The molecule has 1 aromatic heterocycles. The summed E-state index contributed by atoms with van der Waals surface area (Å²) in [6, 6.07) is 13.1. The van der Waals surface area contributed by atoms with E-state index in [0.29, 0.717) is 18.4 Å². The lowest BCUT2D eigenvalue weighted by molar-refractivity contribution is -0.149. The molecule has 3 aliphatic rings. The maximum Gasteiger partial charge on any atom is 0.295 e. The van der Waals surface area contributed by atoms with Crippen LogP contribution in [0.2, 0.25) is 0 Å². The highest BCUT2D eigenvalue weighted by molar-refractivity contribution is 5.52. The number of piperidine rings is 1. The molecule has 2 aromatic rings. The van der Waals surface area contributed by atoms with Crippen molar-refractivity contribution in [2.24, 2.45) is 5.41 Å². The second kappa shape index (κ2) is 8.74. The number of anilines is 1. The van der Waals surface area contributed by atoms with Gasteiger partial charge in [0.15, 0.2) is 6.23 Å². The van der Waals surface area contributed by atoms with Crippen LogP contribution in [-0.4, -0.2) is 55.4 Å². The fourth-order valence-electron chi connectivity index (χ4n) is 6.23. The Labute approximate surface area is 190 Å². The van der Waals surface area contributed by atoms with Crippen LogP contribution in [0.25, 0.3) is 0 Å². The zero-order chi connectivity index (χ0) is 22.1. The summed E-state index contributed by atoms with van der Waals surface area (Å²) < 4.78 is 11.2. The number of aryl methyl sites for hydroxylation is 1. The quantitative estimate of drug-likeness (QED) is 0.636. The van der Waals surface area contributed by atoms with Crippen LogP contribution in [-0.2, 0) is 9.53 Å². The third-order valence-electron chi connectivity index (χ3n) is 7.95. The van der Waals surface area contributed by atoms with E-state index in [1.54, 1.807) is 7.11 Å². The molecule has 0 amide bonds. The molecule has 3 fully saturated rings. The van der Waals surface area contributed by atoms with E-state index in [1.807, 2.05) is 25.3 Å². The SMILES string of the molecule is COc1ccccc1C1CCN([C@@H]2CCC3(C2)CN(c2ccc(C)nc2)C3OC=O)CC1. The Hall–Kier alpha value is -2.60. The van der Waals surface area contributed by atoms with Crippen molar-refractivity contribution in [3.63, 3.8) is 0 Å². The first-order chi connectivity index (χ1) is 15.6. The van der Waals surface area contributed by atoms with Gasteiger partial charge in [-0.3, -0.25) is 9.78 Å². The van der Waals surface area contributed by atoms with Gasteiger partial charge in [0.2, 0.25) is 0 Å². The summed E-state index contributed by atoms with van der Waals surface area (Å²) >= 11 is 0. The highest BCUT2D eigenvalue weighted by atomic mass is 16.5. The molecule has 1 aliphatic carbocycles. The molecule has 6 nitrogen and oxygen atoms in total. The first-order valence-electron chi connectivity index (χ1n) is 11.8. The number of rotatable bonds is 6. The average molecular weight is 436 g/mol. The fourth-order valence-corrected chi connectivity index (χ4v) is 6.23. The summed E-state index contributed by atoms with van der Waals surface area (Å²) in [4.78, 5) is 20.6. The number of ether oxygens (including phenoxy) is 2. The number of nitrogens with zero attached hydrogens (tertiary/aromatic N) is 3. The largest absolute Gasteiger partial charge is 0.496 e. The van der Waals surface area contributed by atoms with Gasteiger partial charge in [-0.15, -0.1) is 0 Å². The number of likely N-dealkylation sites (tertiary alicyclic amines) is 1. The number of carbonyl (C=O) groups is 1. The van der Waals surface area contributed by atoms with Crippen LogP contribution >= 0.6 is 0 Å². The van der Waals surface area contributed by atoms with Gasteiger partial charge in [0.05, 0.1) is 19.0 Å². The average Bonchev–Trinajstić information content (AvgIpc) is 3.29. The second-order valence-corrected chi connectivity index (χ2v) is 9.68. The van der Waals surface area contributed by atoms with E-state index in [4.69, 9.17) is 9.47 Å². The predicted octanol–water partition coefficient (Wildman–Crippen LogP) is 4.14. The van der Waals surface area contributed by atoms with Crippen LogP contribution in [0.3, 0.4) is 0 Å². The Kier molecular flexibility index (Phi) is 5.80. The normalized spacial score (nSPS) is 28.5. The summed E-state index contributed by atoms with van der Waals surface area (Å²) in [6.07, 6.45) is 7.43.